The number of rotatable bonds is 15. The fourth-order valence-electron chi connectivity index (χ4n) is 7.56. The Morgan fingerprint density at radius 2 is 1.37 bits per heavy atom. The van der Waals surface area contributed by atoms with Crippen LogP contribution in [0.3, 0.4) is 0 Å². The number of benzene rings is 2. The Hall–Kier alpha value is -2.66. The molecule has 2 saturated heterocycles. The molecule has 2 aliphatic heterocycles. The summed E-state index contributed by atoms with van der Waals surface area (Å²) in [5.74, 6) is -1.96. The number of esters is 1. The average Bonchev–Trinajstić information content (AvgIpc) is 3.33. The van der Waals surface area contributed by atoms with E-state index in [2.05, 4.69) is 88.0 Å². The molecule has 0 radical (unpaired) electrons. The van der Waals surface area contributed by atoms with Crippen LogP contribution >= 0.6 is 0 Å². The lowest BCUT2D eigenvalue weighted by Crippen LogP contribution is -2.66. The minimum Gasteiger partial charge on any atom is -0.455 e. The minimum absolute atomic E-state index is 0.105. The Morgan fingerprint density at radius 3 is 1.88 bits per heavy atom. The highest BCUT2D eigenvalue weighted by atomic mass is 28.4. The predicted octanol–water partition coefficient (Wildman–Crippen LogP) is 8.05. The molecule has 9 heteroatoms. The van der Waals surface area contributed by atoms with Crippen LogP contribution in [0.5, 0.6) is 0 Å². The Kier molecular flexibility index (Phi) is 13.6. The Balaban J connectivity index is 1.52. The third kappa shape index (κ3) is 10.7. The van der Waals surface area contributed by atoms with Gasteiger partial charge in [0, 0.05) is 25.9 Å². The highest BCUT2D eigenvalue weighted by molar-refractivity contribution is 6.99. The molecular weight excluding hydrogens is 673 g/mol. The van der Waals surface area contributed by atoms with E-state index in [1.807, 2.05) is 48.5 Å². The van der Waals surface area contributed by atoms with Gasteiger partial charge in [0.1, 0.15) is 18.0 Å². The second kappa shape index (κ2) is 16.8. The quantitative estimate of drug-likeness (QED) is 0.0786. The number of carbonyl (C=O) groups is 2. The zero-order chi connectivity index (χ0) is 38.5. The number of hydrogen-bond donors (Lipinski definition) is 0. The molecule has 0 aliphatic carbocycles. The molecule has 52 heavy (non-hydrogen) atoms. The zero-order valence-electron chi connectivity index (χ0n) is 33.6. The van der Waals surface area contributed by atoms with Gasteiger partial charge >= 0.3 is 5.97 Å². The van der Waals surface area contributed by atoms with Gasteiger partial charge in [0.2, 0.25) is 0 Å². The highest BCUT2D eigenvalue weighted by Crippen LogP contribution is 2.40. The molecule has 5 atom stereocenters. The number of ether oxygens (including phenoxy) is 5. The summed E-state index contributed by atoms with van der Waals surface area (Å²) >= 11 is 0. The molecule has 8 nitrogen and oxygen atoms in total. The number of hydrogen-bond acceptors (Lipinski definition) is 8. The monoisotopic (exact) mass is 736 g/mol. The van der Waals surface area contributed by atoms with E-state index in [1.165, 1.54) is 10.4 Å². The van der Waals surface area contributed by atoms with Crippen molar-refractivity contribution in [2.75, 3.05) is 6.61 Å². The van der Waals surface area contributed by atoms with E-state index in [1.54, 1.807) is 6.92 Å². The minimum atomic E-state index is -2.67. The molecule has 2 fully saturated rings. The first-order valence-corrected chi connectivity index (χ1v) is 20.9. The van der Waals surface area contributed by atoms with E-state index < -0.39 is 37.5 Å². The first-order chi connectivity index (χ1) is 24.1. The average molecular weight is 737 g/mol. The summed E-state index contributed by atoms with van der Waals surface area (Å²) in [6.45, 7) is 26.6. The van der Waals surface area contributed by atoms with Crippen LogP contribution in [0, 0.1) is 5.41 Å². The molecule has 4 rings (SSSR count). The third-order valence-corrected chi connectivity index (χ3v) is 14.9. The molecule has 0 aromatic heterocycles. The largest absolute Gasteiger partial charge is 0.455 e. The second-order valence-corrected chi connectivity index (χ2v) is 21.9. The highest BCUT2D eigenvalue weighted by Gasteiger charge is 2.50. The predicted molar refractivity (Wildman–Crippen MR) is 208 cm³/mol. The lowest BCUT2D eigenvalue weighted by atomic mass is 9.91. The van der Waals surface area contributed by atoms with Gasteiger partial charge in [-0.1, -0.05) is 88.0 Å². The fourth-order valence-corrected chi connectivity index (χ4v) is 12.2. The van der Waals surface area contributed by atoms with Crippen molar-refractivity contribution >= 4 is 30.4 Å². The SMILES string of the molecule is C=C(C[C@@H]1OC(C)(C)O[C@H]1CCCO[Si](c1ccccc1)(c1ccccc1)C(C)(C)C)[C@@H](OC(=O)C(C)(C)C)[C@@H]1C[C@H](CCC(C)=O)OC(C)(C)O1. The molecule has 0 unspecified atom stereocenters. The van der Waals surface area contributed by atoms with Gasteiger partial charge < -0.3 is 32.9 Å². The summed E-state index contributed by atoms with van der Waals surface area (Å²) < 4.78 is 39.0. The van der Waals surface area contributed by atoms with Crippen molar-refractivity contribution < 1.29 is 37.7 Å². The van der Waals surface area contributed by atoms with Crippen LogP contribution in [0.25, 0.3) is 0 Å². The van der Waals surface area contributed by atoms with Crippen LogP contribution < -0.4 is 10.4 Å². The van der Waals surface area contributed by atoms with Crippen LogP contribution in [0.2, 0.25) is 5.04 Å². The number of ketones is 1. The maximum Gasteiger partial charge on any atom is 0.311 e. The summed E-state index contributed by atoms with van der Waals surface area (Å²) in [5.41, 5.74) is -0.0268. The standard InChI is InChI=1S/C43H64O8Si/c1-30(38(47-39(45)40(3,4)5)37-29-32(26-25-31(2)44)48-42(9,10)51-37)28-36-35(49-43(11,12)50-36)24-19-27-46-52(41(6,7)8,33-20-15-13-16-21-33)34-22-17-14-18-23-34/h13-18,20-23,32,35-38H,1,19,24-29H2,2-12H3/t32-,35-,36-,37-,38+/m0/s1. The van der Waals surface area contributed by atoms with Crippen molar-refractivity contribution in [2.24, 2.45) is 5.41 Å². The van der Waals surface area contributed by atoms with Crippen molar-refractivity contribution in [2.45, 2.75) is 162 Å². The van der Waals surface area contributed by atoms with Crippen LogP contribution in [-0.4, -0.2) is 68.8 Å². The molecule has 0 spiro atoms. The molecule has 2 aliphatic rings. The van der Waals surface area contributed by atoms with E-state index in [-0.39, 0.29) is 35.1 Å². The van der Waals surface area contributed by atoms with Gasteiger partial charge in [-0.3, -0.25) is 4.79 Å². The van der Waals surface area contributed by atoms with Gasteiger partial charge in [-0.05, 0) is 95.6 Å². The van der Waals surface area contributed by atoms with Crippen LogP contribution in [0.1, 0.15) is 115 Å². The molecule has 2 aromatic rings. The molecule has 0 bridgehead atoms. The Morgan fingerprint density at radius 1 is 0.827 bits per heavy atom. The van der Waals surface area contributed by atoms with Crippen LogP contribution in [0.15, 0.2) is 72.8 Å². The number of Topliss-reactive ketones (excluding diaryl/α,β-unsaturated/α-hetero) is 1. The molecular formula is C43H64O8Si. The lowest BCUT2D eigenvalue weighted by Gasteiger charge is -2.44. The van der Waals surface area contributed by atoms with E-state index in [9.17, 15) is 9.59 Å². The van der Waals surface area contributed by atoms with Crippen molar-refractivity contribution in [3.05, 3.63) is 72.8 Å². The van der Waals surface area contributed by atoms with Gasteiger partial charge in [0.15, 0.2) is 11.6 Å². The summed E-state index contributed by atoms with van der Waals surface area (Å²) in [5, 5.41) is 2.39. The van der Waals surface area contributed by atoms with Gasteiger partial charge in [0.25, 0.3) is 8.32 Å². The first-order valence-electron chi connectivity index (χ1n) is 19.0. The Bertz CT molecular complexity index is 1450. The third-order valence-electron chi connectivity index (χ3n) is 9.90. The Labute approximate surface area is 314 Å². The van der Waals surface area contributed by atoms with E-state index in [0.717, 1.165) is 12.8 Å². The normalized spacial score (nSPS) is 23.9. The van der Waals surface area contributed by atoms with E-state index in [4.69, 9.17) is 28.1 Å². The lowest BCUT2D eigenvalue weighted by molar-refractivity contribution is -0.312. The topological polar surface area (TPSA) is 89.5 Å². The molecule has 2 heterocycles. The maximum atomic E-state index is 13.4. The van der Waals surface area contributed by atoms with Crippen molar-refractivity contribution in [3.8, 4) is 0 Å². The van der Waals surface area contributed by atoms with E-state index >= 15 is 0 Å². The second-order valence-electron chi connectivity index (χ2n) is 17.6. The summed E-state index contributed by atoms with van der Waals surface area (Å²) in [6, 6.07) is 21.3. The summed E-state index contributed by atoms with van der Waals surface area (Å²) in [7, 11) is -2.67. The molecule has 2 aromatic carbocycles. The smallest absolute Gasteiger partial charge is 0.311 e. The van der Waals surface area contributed by atoms with Gasteiger partial charge in [-0.15, -0.1) is 0 Å². The molecule has 0 amide bonds. The maximum absolute atomic E-state index is 13.4. The van der Waals surface area contributed by atoms with Crippen LogP contribution in [0.4, 0.5) is 0 Å². The van der Waals surface area contributed by atoms with Crippen molar-refractivity contribution in [1.82, 2.24) is 0 Å². The molecule has 0 N–H and O–H groups in total. The van der Waals surface area contributed by atoms with Crippen molar-refractivity contribution in [1.29, 1.82) is 0 Å². The van der Waals surface area contributed by atoms with Crippen LogP contribution in [-0.2, 0) is 37.7 Å². The van der Waals surface area contributed by atoms with E-state index in [0.29, 0.717) is 37.9 Å². The summed E-state index contributed by atoms with van der Waals surface area (Å²) in [6.07, 6.45) is 1.36. The molecule has 288 valence electrons. The van der Waals surface area contributed by atoms with Crippen molar-refractivity contribution in [3.63, 3.8) is 0 Å². The van der Waals surface area contributed by atoms with Gasteiger partial charge in [-0.25, -0.2) is 0 Å². The fraction of sp³-hybridized carbons (Fsp3) is 0.628. The van der Waals surface area contributed by atoms with Gasteiger partial charge in [-0.2, -0.15) is 0 Å². The zero-order valence-corrected chi connectivity index (χ0v) is 34.6. The number of carbonyl (C=O) groups excluding carboxylic acids is 2. The summed E-state index contributed by atoms with van der Waals surface area (Å²) in [4.78, 5) is 25.2. The van der Waals surface area contributed by atoms with Gasteiger partial charge in [0.05, 0.1) is 23.7 Å². The molecule has 0 saturated carbocycles. The first kappa shape index (κ1) is 42.1.